The summed E-state index contributed by atoms with van der Waals surface area (Å²) in [6, 6.07) is 3.21. The molecule has 0 aliphatic rings. The second-order valence-corrected chi connectivity index (χ2v) is 4.27. The zero-order valence-corrected chi connectivity index (χ0v) is 10.1. The minimum Gasteiger partial charge on any atom is -0.383 e. The number of nitrogens with two attached hydrogens (primary N) is 1. The molecule has 2 rings (SSSR count). The molecule has 6 nitrogen and oxygen atoms in total. The van der Waals surface area contributed by atoms with Crippen LogP contribution in [0, 0.1) is 6.92 Å². The van der Waals surface area contributed by atoms with E-state index >= 15 is 0 Å². The van der Waals surface area contributed by atoms with E-state index in [1.54, 1.807) is 13.0 Å². The van der Waals surface area contributed by atoms with E-state index in [1.165, 1.54) is 10.7 Å². The van der Waals surface area contributed by atoms with Gasteiger partial charge in [-0.2, -0.15) is 9.78 Å². The molecule has 90 valence electrons. The predicted octanol–water partition coefficient (Wildman–Crippen LogP) is 0.970. The van der Waals surface area contributed by atoms with Gasteiger partial charge in [0.25, 0.3) is 5.56 Å². The molecule has 0 unspecified atom stereocenters. The Kier molecular flexibility index (Phi) is 2.71. The van der Waals surface area contributed by atoms with Crippen molar-refractivity contribution in [2.45, 2.75) is 26.7 Å². The van der Waals surface area contributed by atoms with E-state index in [0.29, 0.717) is 17.5 Å². The van der Waals surface area contributed by atoms with Crippen molar-refractivity contribution in [3.8, 4) is 5.95 Å². The van der Waals surface area contributed by atoms with Crippen LogP contribution in [0.25, 0.3) is 5.95 Å². The van der Waals surface area contributed by atoms with Crippen molar-refractivity contribution in [3.63, 3.8) is 0 Å². The van der Waals surface area contributed by atoms with Crippen molar-refractivity contribution in [3.05, 3.63) is 33.9 Å². The van der Waals surface area contributed by atoms with E-state index in [-0.39, 0.29) is 11.5 Å². The first-order chi connectivity index (χ1) is 7.97. The van der Waals surface area contributed by atoms with Crippen molar-refractivity contribution in [1.29, 1.82) is 0 Å². The molecule has 0 aliphatic heterocycles. The van der Waals surface area contributed by atoms with E-state index in [0.717, 1.165) is 5.69 Å². The van der Waals surface area contributed by atoms with Gasteiger partial charge < -0.3 is 5.73 Å². The summed E-state index contributed by atoms with van der Waals surface area (Å²) in [5.41, 5.74) is 7.13. The molecule has 0 radical (unpaired) electrons. The summed E-state index contributed by atoms with van der Waals surface area (Å²) in [6.07, 6.45) is 0. The number of nitrogens with one attached hydrogen (secondary N) is 1. The predicted molar refractivity (Wildman–Crippen MR) is 65.2 cm³/mol. The molecule has 0 atom stereocenters. The summed E-state index contributed by atoms with van der Waals surface area (Å²) in [4.78, 5) is 18.2. The zero-order chi connectivity index (χ0) is 12.6. The van der Waals surface area contributed by atoms with E-state index in [2.05, 4.69) is 15.1 Å². The first kappa shape index (κ1) is 11.4. The number of nitrogens with zero attached hydrogens (tertiary/aromatic N) is 3. The van der Waals surface area contributed by atoms with Crippen LogP contribution in [0.15, 0.2) is 16.9 Å². The number of hydrogen-bond donors (Lipinski definition) is 2. The van der Waals surface area contributed by atoms with Crippen molar-refractivity contribution >= 4 is 5.82 Å². The Hall–Kier alpha value is -2.11. The molecule has 0 fully saturated rings. The Morgan fingerprint density at radius 2 is 2.12 bits per heavy atom. The van der Waals surface area contributed by atoms with Gasteiger partial charge in [0.05, 0.1) is 5.69 Å². The topological polar surface area (TPSA) is 89.6 Å². The Morgan fingerprint density at radius 1 is 1.41 bits per heavy atom. The fourth-order valence-corrected chi connectivity index (χ4v) is 1.53. The lowest BCUT2D eigenvalue weighted by molar-refractivity contribution is 0.741. The van der Waals surface area contributed by atoms with Crippen LogP contribution in [0.3, 0.4) is 0 Å². The molecular weight excluding hydrogens is 218 g/mol. The van der Waals surface area contributed by atoms with Gasteiger partial charge in [-0.15, -0.1) is 0 Å². The molecule has 6 heteroatoms. The highest BCUT2D eigenvalue weighted by molar-refractivity contribution is 5.37. The lowest BCUT2D eigenvalue weighted by atomic mass is 10.1. The van der Waals surface area contributed by atoms with Gasteiger partial charge in [-0.05, 0) is 12.8 Å². The minimum absolute atomic E-state index is 0.214. The summed E-state index contributed by atoms with van der Waals surface area (Å²) >= 11 is 0. The van der Waals surface area contributed by atoms with Crippen molar-refractivity contribution in [1.82, 2.24) is 19.7 Å². The highest BCUT2D eigenvalue weighted by Gasteiger charge is 2.11. The molecule has 2 aromatic heterocycles. The van der Waals surface area contributed by atoms with Crippen molar-refractivity contribution in [2.24, 2.45) is 0 Å². The summed E-state index contributed by atoms with van der Waals surface area (Å²) < 4.78 is 1.45. The maximum atomic E-state index is 11.4. The lowest BCUT2D eigenvalue weighted by Gasteiger charge is -2.03. The van der Waals surface area contributed by atoms with Crippen LogP contribution >= 0.6 is 0 Å². The van der Waals surface area contributed by atoms with Gasteiger partial charge in [0, 0.05) is 17.8 Å². The van der Waals surface area contributed by atoms with E-state index in [9.17, 15) is 4.79 Å². The number of rotatable bonds is 2. The summed E-state index contributed by atoms with van der Waals surface area (Å²) in [6.45, 7) is 5.80. The maximum Gasteiger partial charge on any atom is 0.252 e. The fraction of sp³-hybridized carbons (Fsp3) is 0.364. The standard InChI is InChI=1S/C11H15N5O/c1-6(2)8-5-9(12)16(15-8)11-13-7(3)4-10(17)14-11/h4-6H,12H2,1-3H3,(H,13,14,17). The second-order valence-electron chi connectivity index (χ2n) is 4.27. The number of H-pyrrole nitrogens is 1. The Morgan fingerprint density at radius 3 is 2.65 bits per heavy atom. The molecule has 0 spiro atoms. The number of aromatic nitrogens is 4. The van der Waals surface area contributed by atoms with Crippen LogP contribution in [0.5, 0.6) is 0 Å². The van der Waals surface area contributed by atoms with Gasteiger partial charge in [0.2, 0.25) is 5.95 Å². The Labute approximate surface area is 98.5 Å². The molecule has 0 amide bonds. The molecule has 2 aromatic rings. The molecule has 0 bridgehead atoms. The smallest absolute Gasteiger partial charge is 0.252 e. The van der Waals surface area contributed by atoms with Gasteiger partial charge in [0.1, 0.15) is 5.82 Å². The summed E-state index contributed by atoms with van der Waals surface area (Å²) in [7, 11) is 0. The van der Waals surface area contributed by atoms with Gasteiger partial charge >= 0.3 is 0 Å². The van der Waals surface area contributed by atoms with E-state index in [1.807, 2.05) is 13.8 Å². The number of nitrogen functional groups attached to an aromatic ring is 1. The van der Waals surface area contributed by atoms with Crippen LogP contribution in [-0.4, -0.2) is 19.7 Å². The van der Waals surface area contributed by atoms with E-state index in [4.69, 9.17) is 5.73 Å². The van der Waals surface area contributed by atoms with Crippen LogP contribution < -0.4 is 11.3 Å². The number of aryl methyl sites for hydroxylation is 1. The summed E-state index contributed by atoms with van der Waals surface area (Å²) in [5.74, 6) is 1.08. The highest BCUT2D eigenvalue weighted by atomic mass is 16.1. The van der Waals surface area contributed by atoms with E-state index < -0.39 is 0 Å². The second kappa shape index (κ2) is 4.04. The van der Waals surface area contributed by atoms with Gasteiger partial charge in [-0.25, -0.2) is 4.98 Å². The Balaban J connectivity index is 2.56. The van der Waals surface area contributed by atoms with Gasteiger partial charge in [0.15, 0.2) is 0 Å². The van der Waals surface area contributed by atoms with Crippen LogP contribution in [-0.2, 0) is 0 Å². The molecular formula is C11H15N5O. The van der Waals surface area contributed by atoms with Crippen LogP contribution in [0.2, 0.25) is 0 Å². The minimum atomic E-state index is -0.214. The first-order valence-corrected chi connectivity index (χ1v) is 5.41. The number of anilines is 1. The zero-order valence-electron chi connectivity index (χ0n) is 10.1. The average Bonchev–Trinajstić information content (AvgIpc) is 2.59. The summed E-state index contributed by atoms with van der Waals surface area (Å²) in [5, 5.41) is 4.32. The normalized spacial score (nSPS) is 11.1. The third kappa shape index (κ3) is 2.20. The third-order valence-corrected chi connectivity index (χ3v) is 2.41. The molecule has 2 heterocycles. The first-order valence-electron chi connectivity index (χ1n) is 5.41. The van der Waals surface area contributed by atoms with Crippen LogP contribution in [0.1, 0.15) is 31.2 Å². The number of aromatic amines is 1. The lowest BCUT2D eigenvalue weighted by Crippen LogP contribution is -2.15. The van der Waals surface area contributed by atoms with Gasteiger partial charge in [-0.3, -0.25) is 9.78 Å². The number of hydrogen-bond acceptors (Lipinski definition) is 4. The van der Waals surface area contributed by atoms with Crippen molar-refractivity contribution < 1.29 is 0 Å². The molecule has 0 aromatic carbocycles. The third-order valence-electron chi connectivity index (χ3n) is 2.41. The van der Waals surface area contributed by atoms with Crippen LogP contribution in [0.4, 0.5) is 5.82 Å². The molecule has 0 saturated heterocycles. The quantitative estimate of drug-likeness (QED) is 0.808. The largest absolute Gasteiger partial charge is 0.383 e. The van der Waals surface area contributed by atoms with Crippen molar-refractivity contribution in [2.75, 3.05) is 5.73 Å². The molecule has 17 heavy (non-hydrogen) atoms. The molecule has 0 aliphatic carbocycles. The Bertz CT molecular complexity index is 596. The SMILES string of the molecule is Cc1cc(=O)[nH]c(-n2nc(C(C)C)cc2N)n1. The average molecular weight is 233 g/mol. The maximum absolute atomic E-state index is 11.4. The fourth-order valence-electron chi connectivity index (χ4n) is 1.53. The molecule has 3 N–H and O–H groups in total. The highest BCUT2D eigenvalue weighted by Crippen LogP contribution is 2.17. The van der Waals surface area contributed by atoms with Gasteiger partial charge in [-0.1, -0.05) is 13.8 Å². The molecule has 0 saturated carbocycles. The monoisotopic (exact) mass is 233 g/mol.